The van der Waals surface area contributed by atoms with Gasteiger partial charge < -0.3 is 5.32 Å². The van der Waals surface area contributed by atoms with Gasteiger partial charge in [0, 0.05) is 5.54 Å². The highest BCUT2D eigenvalue weighted by Gasteiger charge is 2.08. The molecule has 0 rings (SSSR count). The molecule has 0 saturated heterocycles. The summed E-state index contributed by atoms with van der Waals surface area (Å²) >= 11 is 0. The highest BCUT2D eigenvalue weighted by atomic mass is 15.0. The summed E-state index contributed by atoms with van der Waals surface area (Å²) in [6.45, 7) is 10.5. The lowest BCUT2D eigenvalue weighted by molar-refractivity contribution is 0.481. The Bertz CT molecular complexity index is 269. The molecule has 0 aromatic heterocycles. The molecule has 14 heavy (non-hydrogen) atoms. The summed E-state index contributed by atoms with van der Waals surface area (Å²) < 4.78 is 0. The zero-order chi connectivity index (χ0) is 11.2. The van der Waals surface area contributed by atoms with Crippen molar-refractivity contribution in [2.24, 2.45) is 0 Å². The van der Waals surface area contributed by atoms with E-state index in [2.05, 4.69) is 51.9 Å². The molecule has 0 bridgehead atoms. The molecule has 0 saturated carbocycles. The third kappa shape index (κ3) is 6.37. The molecule has 1 nitrogen and oxygen atoms in total. The van der Waals surface area contributed by atoms with Crippen LogP contribution in [0.4, 0.5) is 0 Å². The van der Waals surface area contributed by atoms with Crippen molar-refractivity contribution in [2.45, 2.75) is 46.6 Å². The smallest absolute Gasteiger partial charge is 0.0854 e. The SMILES string of the molecule is C#C/C(=C\C=C(\C)CC)NC(C)(C)C. The van der Waals surface area contributed by atoms with Gasteiger partial charge in [-0.15, -0.1) is 6.42 Å². The van der Waals surface area contributed by atoms with Crippen molar-refractivity contribution in [1.29, 1.82) is 0 Å². The lowest BCUT2D eigenvalue weighted by Gasteiger charge is -2.21. The molecule has 0 radical (unpaired) electrons. The number of hydrogen-bond donors (Lipinski definition) is 1. The van der Waals surface area contributed by atoms with Gasteiger partial charge in [-0.25, -0.2) is 0 Å². The maximum absolute atomic E-state index is 5.40. The molecular formula is C13H21N. The Kier molecular flexibility index (Phi) is 5.09. The van der Waals surface area contributed by atoms with Gasteiger partial charge in [0.05, 0.1) is 5.70 Å². The topological polar surface area (TPSA) is 12.0 Å². The van der Waals surface area contributed by atoms with Gasteiger partial charge in [0.15, 0.2) is 0 Å². The zero-order valence-electron chi connectivity index (χ0n) is 9.94. The van der Waals surface area contributed by atoms with Gasteiger partial charge >= 0.3 is 0 Å². The molecule has 0 aromatic carbocycles. The predicted octanol–water partition coefficient (Wildman–Crippen LogP) is 3.25. The lowest BCUT2D eigenvalue weighted by atomic mass is 10.1. The van der Waals surface area contributed by atoms with E-state index in [0.29, 0.717) is 0 Å². The summed E-state index contributed by atoms with van der Waals surface area (Å²) in [7, 11) is 0. The van der Waals surface area contributed by atoms with Gasteiger partial charge in [0.1, 0.15) is 0 Å². The second kappa shape index (κ2) is 5.54. The molecule has 0 fully saturated rings. The second-order valence-corrected chi connectivity index (χ2v) is 4.47. The summed E-state index contributed by atoms with van der Waals surface area (Å²) in [4.78, 5) is 0. The fraction of sp³-hybridized carbons (Fsp3) is 0.538. The van der Waals surface area contributed by atoms with Crippen molar-refractivity contribution in [1.82, 2.24) is 5.32 Å². The average Bonchev–Trinajstić information content (AvgIpc) is 2.09. The number of allylic oxidation sites excluding steroid dienone is 4. The van der Waals surface area contributed by atoms with Crippen LogP contribution in [0.5, 0.6) is 0 Å². The van der Waals surface area contributed by atoms with Crippen LogP contribution in [0.25, 0.3) is 0 Å². The van der Waals surface area contributed by atoms with Crippen molar-refractivity contribution in [3.63, 3.8) is 0 Å². The summed E-state index contributed by atoms with van der Waals surface area (Å²) in [6, 6.07) is 0. The third-order valence-corrected chi connectivity index (χ3v) is 1.76. The largest absolute Gasteiger partial charge is 0.374 e. The van der Waals surface area contributed by atoms with Crippen molar-refractivity contribution in [3.8, 4) is 12.3 Å². The van der Waals surface area contributed by atoms with Gasteiger partial charge in [-0.1, -0.05) is 24.5 Å². The summed E-state index contributed by atoms with van der Waals surface area (Å²) in [6.07, 6.45) is 10.5. The number of rotatable bonds is 3. The van der Waals surface area contributed by atoms with E-state index >= 15 is 0 Å². The maximum atomic E-state index is 5.40. The minimum Gasteiger partial charge on any atom is -0.374 e. The summed E-state index contributed by atoms with van der Waals surface area (Å²) in [5.41, 5.74) is 2.19. The first kappa shape index (κ1) is 12.8. The standard InChI is InChI=1S/C13H21N/c1-7-11(3)9-10-12(8-2)14-13(4,5)6/h2,9-10,14H,7H2,1,3-6H3/b11-9-,12-10+. The monoisotopic (exact) mass is 191 g/mol. The van der Waals surface area contributed by atoms with E-state index < -0.39 is 0 Å². The van der Waals surface area contributed by atoms with Crippen LogP contribution >= 0.6 is 0 Å². The fourth-order valence-corrected chi connectivity index (χ4v) is 0.873. The van der Waals surface area contributed by atoms with Crippen LogP contribution in [0, 0.1) is 12.3 Å². The van der Waals surface area contributed by atoms with Gasteiger partial charge in [-0.2, -0.15) is 0 Å². The Hall–Kier alpha value is -1.16. The van der Waals surface area contributed by atoms with Crippen molar-refractivity contribution in [3.05, 3.63) is 23.4 Å². The van der Waals surface area contributed by atoms with E-state index in [1.807, 2.05) is 6.08 Å². The van der Waals surface area contributed by atoms with E-state index in [1.165, 1.54) is 5.57 Å². The van der Waals surface area contributed by atoms with Gasteiger partial charge in [-0.05, 0) is 40.2 Å². The molecule has 0 aliphatic heterocycles. The molecular weight excluding hydrogens is 170 g/mol. The van der Waals surface area contributed by atoms with Crippen LogP contribution in [-0.4, -0.2) is 5.54 Å². The van der Waals surface area contributed by atoms with E-state index in [4.69, 9.17) is 6.42 Å². The fourth-order valence-electron chi connectivity index (χ4n) is 0.873. The summed E-state index contributed by atoms with van der Waals surface area (Å²) in [5.74, 6) is 2.64. The second-order valence-electron chi connectivity index (χ2n) is 4.47. The first-order chi connectivity index (χ1) is 6.39. The quantitative estimate of drug-likeness (QED) is 0.533. The van der Waals surface area contributed by atoms with E-state index in [-0.39, 0.29) is 5.54 Å². The molecule has 0 amide bonds. The van der Waals surface area contributed by atoms with Crippen LogP contribution in [0.1, 0.15) is 41.0 Å². The Labute approximate surface area is 88.3 Å². The van der Waals surface area contributed by atoms with Gasteiger partial charge in [-0.3, -0.25) is 0 Å². The number of hydrogen-bond acceptors (Lipinski definition) is 1. The van der Waals surface area contributed by atoms with E-state index in [0.717, 1.165) is 12.1 Å². The molecule has 0 spiro atoms. The van der Waals surface area contributed by atoms with E-state index in [1.54, 1.807) is 0 Å². The Balaban J connectivity index is 4.52. The predicted molar refractivity (Wildman–Crippen MR) is 63.9 cm³/mol. The third-order valence-electron chi connectivity index (χ3n) is 1.76. The van der Waals surface area contributed by atoms with Crippen LogP contribution in [0.2, 0.25) is 0 Å². The van der Waals surface area contributed by atoms with Crippen molar-refractivity contribution >= 4 is 0 Å². The molecule has 0 atom stereocenters. The summed E-state index contributed by atoms with van der Waals surface area (Å²) in [5, 5.41) is 3.27. The molecule has 0 aromatic rings. The first-order valence-electron chi connectivity index (χ1n) is 5.01. The normalized spacial score (nSPS) is 13.7. The molecule has 0 aliphatic rings. The maximum Gasteiger partial charge on any atom is 0.0854 e. The van der Waals surface area contributed by atoms with Crippen molar-refractivity contribution < 1.29 is 0 Å². The highest BCUT2D eigenvalue weighted by molar-refractivity contribution is 5.29. The molecule has 0 unspecified atom stereocenters. The molecule has 78 valence electrons. The van der Waals surface area contributed by atoms with Crippen molar-refractivity contribution in [2.75, 3.05) is 0 Å². The number of terminal acetylenes is 1. The minimum atomic E-state index is 0.0200. The molecule has 1 heteroatoms. The van der Waals surface area contributed by atoms with Crippen LogP contribution in [-0.2, 0) is 0 Å². The lowest BCUT2D eigenvalue weighted by Crippen LogP contribution is -2.34. The van der Waals surface area contributed by atoms with Crippen LogP contribution in [0.15, 0.2) is 23.4 Å². The average molecular weight is 191 g/mol. The van der Waals surface area contributed by atoms with Gasteiger partial charge in [0.25, 0.3) is 0 Å². The Morgan fingerprint density at radius 2 is 1.93 bits per heavy atom. The Morgan fingerprint density at radius 1 is 1.36 bits per heavy atom. The van der Waals surface area contributed by atoms with Crippen LogP contribution in [0.3, 0.4) is 0 Å². The molecule has 0 aliphatic carbocycles. The minimum absolute atomic E-state index is 0.0200. The van der Waals surface area contributed by atoms with E-state index in [9.17, 15) is 0 Å². The first-order valence-corrected chi connectivity index (χ1v) is 5.01. The highest BCUT2D eigenvalue weighted by Crippen LogP contribution is 2.05. The zero-order valence-corrected chi connectivity index (χ0v) is 9.94. The molecule has 0 heterocycles. The van der Waals surface area contributed by atoms with Crippen LogP contribution < -0.4 is 5.32 Å². The molecule has 1 N–H and O–H groups in total. The van der Waals surface area contributed by atoms with Gasteiger partial charge in [0.2, 0.25) is 0 Å². The Morgan fingerprint density at radius 3 is 2.29 bits per heavy atom. The number of nitrogens with one attached hydrogen (secondary N) is 1.